The zero-order valence-electron chi connectivity index (χ0n) is 11.2. The minimum atomic E-state index is 0.457. The molecule has 5 heteroatoms. The molecule has 0 bridgehead atoms. The van der Waals surface area contributed by atoms with E-state index in [1.807, 2.05) is 0 Å². The van der Waals surface area contributed by atoms with Crippen LogP contribution in [-0.4, -0.2) is 16.6 Å². The lowest BCUT2D eigenvalue weighted by atomic mass is 10.2. The summed E-state index contributed by atoms with van der Waals surface area (Å²) in [6.07, 6.45) is 3.89. The van der Waals surface area contributed by atoms with Crippen molar-refractivity contribution in [3.63, 3.8) is 0 Å². The van der Waals surface area contributed by atoms with Gasteiger partial charge in [0.1, 0.15) is 16.6 Å². The number of halogens is 1. The molecule has 0 unspecified atom stereocenters. The molecule has 2 aromatic heterocycles. The topological polar surface area (TPSA) is 35.0 Å². The third-order valence-corrected chi connectivity index (χ3v) is 5.00. The summed E-state index contributed by atoms with van der Waals surface area (Å²) < 4.78 is 5.63. The van der Waals surface area contributed by atoms with E-state index in [0.717, 1.165) is 29.2 Å². The van der Waals surface area contributed by atoms with Crippen LogP contribution in [0.5, 0.6) is 0 Å². The van der Waals surface area contributed by atoms with Crippen LogP contribution in [0.15, 0.2) is 0 Å². The van der Waals surface area contributed by atoms with E-state index in [1.54, 1.807) is 11.3 Å². The van der Waals surface area contributed by atoms with E-state index in [0.29, 0.717) is 17.6 Å². The van der Waals surface area contributed by atoms with E-state index in [2.05, 4.69) is 23.8 Å². The molecule has 0 atom stereocenters. The first-order valence-electron chi connectivity index (χ1n) is 6.65. The molecule has 0 N–H and O–H groups in total. The maximum absolute atomic E-state index is 6.25. The highest BCUT2D eigenvalue weighted by atomic mass is 35.5. The number of rotatable bonds is 5. The lowest BCUT2D eigenvalue weighted by Crippen LogP contribution is -2.01. The van der Waals surface area contributed by atoms with Crippen molar-refractivity contribution in [2.24, 2.45) is 5.92 Å². The summed E-state index contributed by atoms with van der Waals surface area (Å²) in [5.41, 5.74) is 1.19. The lowest BCUT2D eigenvalue weighted by molar-refractivity contribution is 0.110. The van der Waals surface area contributed by atoms with Crippen LogP contribution in [0.4, 0.5) is 0 Å². The van der Waals surface area contributed by atoms with Gasteiger partial charge in [-0.05, 0) is 31.7 Å². The molecule has 0 aliphatic heterocycles. The van der Waals surface area contributed by atoms with Gasteiger partial charge in [0.2, 0.25) is 0 Å². The van der Waals surface area contributed by atoms with Crippen molar-refractivity contribution in [2.45, 2.75) is 39.7 Å². The standard InChI is InChI=1S/C14H17ClN2OS/c1-8-9(2)19-14-12(8)13(15)16-11(17-14)7-18-6-5-10-3-4-10/h10H,3-7H2,1-2H3. The van der Waals surface area contributed by atoms with Crippen LogP contribution in [0, 0.1) is 19.8 Å². The lowest BCUT2D eigenvalue weighted by Gasteiger charge is -2.04. The molecule has 19 heavy (non-hydrogen) atoms. The number of nitrogens with zero attached hydrogens (tertiary/aromatic N) is 2. The summed E-state index contributed by atoms with van der Waals surface area (Å²) in [5, 5.41) is 1.54. The number of fused-ring (bicyclic) bond motifs is 1. The molecule has 102 valence electrons. The fourth-order valence-electron chi connectivity index (χ4n) is 2.13. The van der Waals surface area contributed by atoms with Crippen LogP contribution in [0.3, 0.4) is 0 Å². The van der Waals surface area contributed by atoms with Gasteiger partial charge in [-0.25, -0.2) is 9.97 Å². The molecule has 3 nitrogen and oxygen atoms in total. The van der Waals surface area contributed by atoms with E-state index in [4.69, 9.17) is 16.3 Å². The van der Waals surface area contributed by atoms with Crippen molar-refractivity contribution in [1.29, 1.82) is 0 Å². The number of hydrogen-bond donors (Lipinski definition) is 0. The molecule has 0 aromatic carbocycles. The second-order valence-electron chi connectivity index (χ2n) is 5.18. The minimum Gasteiger partial charge on any atom is -0.373 e. The molecule has 0 radical (unpaired) electrons. The number of thiophene rings is 1. The summed E-state index contributed by atoms with van der Waals surface area (Å²) in [6, 6.07) is 0. The van der Waals surface area contributed by atoms with Crippen molar-refractivity contribution >= 4 is 33.2 Å². The van der Waals surface area contributed by atoms with Gasteiger partial charge in [-0.3, -0.25) is 0 Å². The van der Waals surface area contributed by atoms with Gasteiger partial charge in [0, 0.05) is 11.5 Å². The number of hydrogen-bond acceptors (Lipinski definition) is 4. The van der Waals surface area contributed by atoms with Gasteiger partial charge in [-0.15, -0.1) is 11.3 Å². The molecular formula is C14H17ClN2OS. The van der Waals surface area contributed by atoms with Crippen LogP contribution >= 0.6 is 22.9 Å². The highest BCUT2D eigenvalue weighted by Gasteiger charge is 2.20. The zero-order chi connectivity index (χ0) is 13.4. The van der Waals surface area contributed by atoms with Crippen molar-refractivity contribution in [3.8, 4) is 0 Å². The Morgan fingerprint density at radius 2 is 2.11 bits per heavy atom. The van der Waals surface area contributed by atoms with Gasteiger partial charge < -0.3 is 4.74 Å². The van der Waals surface area contributed by atoms with Gasteiger partial charge in [0.15, 0.2) is 5.82 Å². The summed E-state index contributed by atoms with van der Waals surface area (Å²) in [5.74, 6) is 1.59. The van der Waals surface area contributed by atoms with Crippen molar-refractivity contribution in [1.82, 2.24) is 9.97 Å². The molecule has 1 fully saturated rings. The highest BCUT2D eigenvalue weighted by molar-refractivity contribution is 7.18. The molecule has 2 heterocycles. The highest BCUT2D eigenvalue weighted by Crippen LogP contribution is 2.33. The number of aryl methyl sites for hydroxylation is 2. The molecular weight excluding hydrogens is 280 g/mol. The fraction of sp³-hybridized carbons (Fsp3) is 0.571. The molecule has 0 spiro atoms. The Morgan fingerprint density at radius 3 is 2.84 bits per heavy atom. The van der Waals surface area contributed by atoms with Gasteiger partial charge in [-0.1, -0.05) is 24.4 Å². The first-order valence-corrected chi connectivity index (χ1v) is 7.84. The molecule has 3 rings (SSSR count). The third-order valence-electron chi connectivity index (χ3n) is 3.63. The summed E-state index contributed by atoms with van der Waals surface area (Å²) >= 11 is 7.92. The van der Waals surface area contributed by atoms with E-state index in [9.17, 15) is 0 Å². The van der Waals surface area contributed by atoms with Crippen LogP contribution in [0.1, 0.15) is 35.5 Å². The first-order chi connectivity index (χ1) is 9.15. The second kappa shape index (κ2) is 5.35. The Balaban J connectivity index is 1.72. The SMILES string of the molecule is Cc1sc2nc(COCCC3CC3)nc(Cl)c2c1C. The molecule has 1 aliphatic carbocycles. The predicted molar refractivity (Wildman–Crippen MR) is 78.9 cm³/mol. The maximum Gasteiger partial charge on any atom is 0.157 e. The van der Waals surface area contributed by atoms with Crippen molar-refractivity contribution < 1.29 is 4.74 Å². The third kappa shape index (κ3) is 2.91. The smallest absolute Gasteiger partial charge is 0.157 e. The zero-order valence-corrected chi connectivity index (χ0v) is 12.8. The summed E-state index contributed by atoms with van der Waals surface area (Å²) in [7, 11) is 0. The average molecular weight is 297 g/mol. The van der Waals surface area contributed by atoms with Crippen LogP contribution < -0.4 is 0 Å². The van der Waals surface area contributed by atoms with Gasteiger partial charge >= 0.3 is 0 Å². The van der Waals surface area contributed by atoms with E-state index in [-0.39, 0.29) is 0 Å². The number of ether oxygens (including phenoxy) is 1. The van der Waals surface area contributed by atoms with Crippen LogP contribution in [0.2, 0.25) is 5.15 Å². The van der Waals surface area contributed by atoms with E-state index < -0.39 is 0 Å². The largest absolute Gasteiger partial charge is 0.373 e. The normalized spacial score (nSPS) is 15.3. The van der Waals surface area contributed by atoms with Crippen molar-refractivity contribution in [3.05, 3.63) is 21.4 Å². The van der Waals surface area contributed by atoms with Gasteiger partial charge in [-0.2, -0.15) is 0 Å². The van der Waals surface area contributed by atoms with Crippen LogP contribution in [0.25, 0.3) is 10.2 Å². The minimum absolute atomic E-state index is 0.457. The van der Waals surface area contributed by atoms with E-state index in [1.165, 1.54) is 23.3 Å². The Morgan fingerprint density at radius 1 is 1.32 bits per heavy atom. The fourth-order valence-corrected chi connectivity index (χ4v) is 3.56. The van der Waals surface area contributed by atoms with Crippen molar-refractivity contribution in [2.75, 3.05) is 6.61 Å². The first kappa shape index (κ1) is 13.3. The average Bonchev–Trinajstić information content (AvgIpc) is 3.13. The Labute approximate surface area is 122 Å². The predicted octanol–water partition coefficient (Wildman–Crippen LogP) is 4.28. The summed E-state index contributed by atoms with van der Waals surface area (Å²) in [6.45, 7) is 5.41. The molecule has 1 aliphatic rings. The Bertz CT molecular complexity index is 607. The molecule has 0 amide bonds. The Hall–Kier alpha value is -0.710. The second-order valence-corrected chi connectivity index (χ2v) is 6.74. The van der Waals surface area contributed by atoms with Gasteiger partial charge in [0.25, 0.3) is 0 Å². The van der Waals surface area contributed by atoms with E-state index >= 15 is 0 Å². The van der Waals surface area contributed by atoms with Gasteiger partial charge in [0.05, 0.1) is 5.39 Å². The monoisotopic (exact) mass is 296 g/mol. The molecule has 1 saturated carbocycles. The number of aromatic nitrogens is 2. The molecule has 0 saturated heterocycles. The summed E-state index contributed by atoms with van der Waals surface area (Å²) in [4.78, 5) is 11.1. The maximum atomic E-state index is 6.25. The van der Waals surface area contributed by atoms with Crippen LogP contribution in [-0.2, 0) is 11.3 Å². The molecule has 2 aromatic rings. The Kier molecular flexibility index (Phi) is 3.74. The quantitative estimate of drug-likeness (QED) is 0.610.